The van der Waals surface area contributed by atoms with E-state index in [2.05, 4.69) is 25.2 Å². The number of hydrogen-bond acceptors (Lipinski definition) is 3. The van der Waals surface area contributed by atoms with Crippen LogP contribution in [0.3, 0.4) is 0 Å². The van der Waals surface area contributed by atoms with Crippen LogP contribution in [0.1, 0.15) is 72.6 Å². The van der Waals surface area contributed by atoms with E-state index >= 15 is 0 Å². The van der Waals surface area contributed by atoms with E-state index in [4.69, 9.17) is 0 Å². The summed E-state index contributed by atoms with van der Waals surface area (Å²) in [5, 5.41) is 3.14. The number of fused-ring (bicyclic) bond motifs is 5. The summed E-state index contributed by atoms with van der Waals surface area (Å²) in [6.45, 7) is 7.57. The molecule has 0 aromatic carbocycles. The molecular weight excluding hydrogens is 431 g/mol. The molecule has 3 fully saturated rings. The summed E-state index contributed by atoms with van der Waals surface area (Å²) < 4.78 is 39.4. The van der Waals surface area contributed by atoms with Crippen molar-refractivity contribution in [2.24, 2.45) is 46.3 Å². The van der Waals surface area contributed by atoms with Gasteiger partial charge in [0.25, 0.3) is 0 Å². The normalized spacial score (nSPS) is 41.1. The fraction of sp³-hybridized carbons (Fsp3) is 0.808. The fourth-order valence-electron chi connectivity index (χ4n) is 8.06. The van der Waals surface area contributed by atoms with Gasteiger partial charge in [-0.05, 0) is 73.7 Å². The molecule has 1 unspecified atom stereocenters. The summed E-state index contributed by atoms with van der Waals surface area (Å²) in [6.07, 6.45) is 3.84. The first kappa shape index (κ1) is 24.5. The topological polar surface area (TPSA) is 63.2 Å². The van der Waals surface area contributed by atoms with E-state index in [1.165, 1.54) is 0 Å². The molecule has 33 heavy (non-hydrogen) atoms. The first-order chi connectivity index (χ1) is 15.3. The SMILES string of the molecule is CC(C)C(CC(=O)[C@H]1CC[C@H]2[C@@H]3CC[C@H]4NC(=O)C=C[C@]4(C)[C@H]3CC[C@]12C)C(=O)C(F)(F)F. The van der Waals surface area contributed by atoms with Gasteiger partial charge in [-0.3, -0.25) is 14.4 Å². The number of Topliss-reactive ketones (excluding diaryl/α,β-unsaturated/α-hetero) is 2. The molecule has 0 saturated heterocycles. The Morgan fingerprint density at radius 1 is 1.09 bits per heavy atom. The van der Waals surface area contributed by atoms with Crippen LogP contribution >= 0.6 is 0 Å². The lowest BCUT2D eigenvalue weighted by atomic mass is 9.47. The van der Waals surface area contributed by atoms with Crippen molar-refractivity contribution in [1.82, 2.24) is 5.32 Å². The number of carbonyl (C=O) groups is 3. The van der Waals surface area contributed by atoms with E-state index in [9.17, 15) is 27.6 Å². The van der Waals surface area contributed by atoms with E-state index in [-0.39, 0.29) is 40.9 Å². The van der Waals surface area contributed by atoms with E-state index in [0.29, 0.717) is 24.2 Å². The zero-order valence-electron chi connectivity index (χ0n) is 20.0. The molecule has 3 aliphatic carbocycles. The summed E-state index contributed by atoms with van der Waals surface area (Å²) in [5.74, 6) is -2.87. The number of ketones is 2. The maximum Gasteiger partial charge on any atom is 0.450 e. The van der Waals surface area contributed by atoms with Crippen LogP contribution in [-0.4, -0.2) is 29.7 Å². The summed E-state index contributed by atoms with van der Waals surface area (Å²) in [7, 11) is 0. The minimum Gasteiger partial charge on any atom is -0.349 e. The third-order valence-corrected chi connectivity index (χ3v) is 9.92. The van der Waals surface area contributed by atoms with Gasteiger partial charge in [0.1, 0.15) is 5.78 Å². The molecule has 0 aromatic heterocycles. The third-order valence-electron chi connectivity index (χ3n) is 9.92. The Hall–Kier alpha value is -1.66. The predicted octanol–water partition coefficient (Wildman–Crippen LogP) is 5.26. The highest BCUT2D eigenvalue weighted by Crippen LogP contribution is 2.65. The van der Waals surface area contributed by atoms with Gasteiger partial charge in [0.05, 0.1) is 0 Å². The van der Waals surface area contributed by atoms with Crippen molar-refractivity contribution in [3.63, 3.8) is 0 Å². The van der Waals surface area contributed by atoms with Crippen molar-refractivity contribution >= 4 is 17.5 Å². The Balaban J connectivity index is 1.53. The van der Waals surface area contributed by atoms with Crippen molar-refractivity contribution in [3.8, 4) is 0 Å². The van der Waals surface area contributed by atoms with E-state index in [1.807, 2.05) is 0 Å². The number of nitrogens with one attached hydrogen (secondary N) is 1. The van der Waals surface area contributed by atoms with E-state index in [1.54, 1.807) is 19.9 Å². The molecule has 7 heteroatoms. The van der Waals surface area contributed by atoms with Crippen molar-refractivity contribution in [2.75, 3.05) is 0 Å². The van der Waals surface area contributed by atoms with Gasteiger partial charge in [0.2, 0.25) is 11.7 Å². The van der Waals surface area contributed by atoms with Crippen LogP contribution < -0.4 is 5.32 Å². The van der Waals surface area contributed by atoms with Crippen LogP contribution in [0.25, 0.3) is 0 Å². The molecule has 4 rings (SSSR count). The molecule has 1 aliphatic heterocycles. The Labute approximate surface area is 194 Å². The average molecular weight is 468 g/mol. The van der Waals surface area contributed by atoms with Gasteiger partial charge in [0, 0.05) is 29.7 Å². The van der Waals surface area contributed by atoms with Crippen LogP contribution in [0.5, 0.6) is 0 Å². The van der Waals surface area contributed by atoms with Crippen LogP contribution in [0.15, 0.2) is 12.2 Å². The van der Waals surface area contributed by atoms with Crippen LogP contribution in [0.4, 0.5) is 13.2 Å². The Kier molecular flexibility index (Phi) is 6.10. The highest BCUT2D eigenvalue weighted by molar-refractivity contribution is 5.92. The lowest BCUT2D eigenvalue weighted by Gasteiger charge is -2.58. The van der Waals surface area contributed by atoms with Gasteiger partial charge in [-0.15, -0.1) is 0 Å². The predicted molar refractivity (Wildman–Crippen MR) is 118 cm³/mol. The second kappa shape index (κ2) is 8.23. The van der Waals surface area contributed by atoms with Gasteiger partial charge >= 0.3 is 6.18 Å². The molecule has 184 valence electrons. The molecule has 0 radical (unpaired) electrons. The fourth-order valence-corrected chi connectivity index (χ4v) is 8.06. The van der Waals surface area contributed by atoms with Gasteiger partial charge in [0.15, 0.2) is 0 Å². The molecular formula is C26H36F3NO3. The molecule has 4 aliphatic rings. The van der Waals surface area contributed by atoms with Crippen molar-refractivity contribution < 1.29 is 27.6 Å². The minimum absolute atomic E-state index is 0.0313. The quantitative estimate of drug-likeness (QED) is 0.600. The molecule has 0 spiro atoms. The largest absolute Gasteiger partial charge is 0.450 e. The Morgan fingerprint density at radius 2 is 1.79 bits per heavy atom. The minimum atomic E-state index is -4.91. The van der Waals surface area contributed by atoms with Crippen LogP contribution in [-0.2, 0) is 14.4 Å². The smallest absolute Gasteiger partial charge is 0.349 e. The third kappa shape index (κ3) is 3.97. The number of carbonyl (C=O) groups excluding carboxylic acids is 3. The van der Waals surface area contributed by atoms with Crippen LogP contribution in [0.2, 0.25) is 0 Å². The lowest BCUT2D eigenvalue weighted by Crippen LogP contribution is -2.59. The first-order valence-electron chi connectivity index (χ1n) is 12.4. The average Bonchev–Trinajstić information content (AvgIpc) is 3.08. The second-order valence-corrected chi connectivity index (χ2v) is 11.8. The van der Waals surface area contributed by atoms with Gasteiger partial charge in [-0.2, -0.15) is 13.2 Å². The molecule has 4 nitrogen and oxygen atoms in total. The number of halogens is 3. The molecule has 1 heterocycles. The summed E-state index contributed by atoms with van der Waals surface area (Å²) in [4.78, 5) is 37.2. The van der Waals surface area contributed by atoms with Gasteiger partial charge in [-0.1, -0.05) is 33.8 Å². The van der Waals surface area contributed by atoms with Crippen LogP contribution in [0, 0.1) is 46.3 Å². The zero-order chi connectivity index (χ0) is 24.3. The van der Waals surface area contributed by atoms with Crippen molar-refractivity contribution in [1.29, 1.82) is 0 Å². The highest BCUT2D eigenvalue weighted by atomic mass is 19.4. The maximum atomic E-state index is 13.4. The van der Waals surface area contributed by atoms with E-state index < -0.39 is 23.8 Å². The summed E-state index contributed by atoms with van der Waals surface area (Å²) in [5.41, 5.74) is -0.325. The molecule has 8 atom stereocenters. The Bertz CT molecular complexity index is 865. The maximum absolute atomic E-state index is 13.4. The summed E-state index contributed by atoms with van der Waals surface area (Å²) >= 11 is 0. The number of rotatable bonds is 5. The molecule has 3 saturated carbocycles. The molecule has 0 aromatic rings. The number of amides is 1. The zero-order valence-corrected chi connectivity index (χ0v) is 20.0. The highest BCUT2D eigenvalue weighted by Gasteiger charge is 2.61. The van der Waals surface area contributed by atoms with Gasteiger partial charge in [-0.25, -0.2) is 0 Å². The number of alkyl halides is 3. The monoisotopic (exact) mass is 467 g/mol. The van der Waals surface area contributed by atoms with Crippen molar-refractivity contribution in [3.05, 3.63) is 12.2 Å². The summed E-state index contributed by atoms with van der Waals surface area (Å²) in [6, 6.07) is 0.139. The number of hydrogen-bond donors (Lipinski definition) is 1. The van der Waals surface area contributed by atoms with Crippen molar-refractivity contribution in [2.45, 2.75) is 84.9 Å². The molecule has 0 bridgehead atoms. The lowest BCUT2D eigenvalue weighted by molar-refractivity contribution is -0.177. The molecule has 1 N–H and O–H groups in total. The standard InChI is InChI=1S/C26H36F3NO3/c1-14(2)16(23(33)26(27,28)29)13-20(31)19-7-6-17-15-5-8-21-25(4,12-10-22(32)30-21)18(15)9-11-24(17,19)3/h10,12,14-19,21H,5-9,11,13H2,1-4H3,(H,30,32)/t15-,16?,17-,18-,19+,21+,24-,25+/m0/s1. The second-order valence-electron chi connectivity index (χ2n) is 11.8. The van der Waals surface area contributed by atoms with Gasteiger partial charge < -0.3 is 5.32 Å². The first-order valence-corrected chi connectivity index (χ1v) is 12.4. The Morgan fingerprint density at radius 3 is 2.42 bits per heavy atom. The van der Waals surface area contributed by atoms with E-state index in [0.717, 1.165) is 32.1 Å². The molecule has 1 amide bonds.